The minimum atomic E-state index is 0.0584. The van der Waals surface area contributed by atoms with Crippen LogP contribution in [0.1, 0.15) is 30.4 Å². The molecular weight excluding hydrogens is 298 g/mol. The largest absolute Gasteiger partial charge is 0.367 e. The standard InChI is InChI=1S/C20H25N3O/c21-13-4-3-7-20(24)22-18-8-10-19(11-9-18)23-14-12-16-5-1-2-6-17(16)15-23/h1-2,5-6,8-11H,3-4,7,12-15,21H2,(H,22,24). The molecule has 3 N–H and O–H groups in total. The summed E-state index contributed by atoms with van der Waals surface area (Å²) in [6.07, 6.45) is 3.34. The van der Waals surface area contributed by atoms with Crippen LogP contribution in [0.15, 0.2) is 48.5 Å². The molecule has 0 fully saturated rings. The Morgan fingerprint density at radius 2 is 1.79 bits per heavy atom. The number of nitrogens with two attached hydrogens (primary N) is 1. The average molecular weight is 323 g/mol. The number of anilines is 2. The lowest BCUT2D eigenvalue weighted by Gasteiger charge is -2.30. The van der Waals surface area contributed by atoms with Crippen molar-refractivity contribution in [1.82, 2.24) is 0 Å². The minimum absolute atomic E-state index is 0.0584. The number of hydrogen-bond donors (Lipinski definition) is 2. The second kappa shape index (κ2) is 7.97. The van der Waals surface area contributed by atoms with Gasteiger partial charge in [-0.05, 0) is 61.2 Å². The molecule has 24 heavy (non-hydrogen) atoms. The highest BCUT2D eigenvalue weighted by atomic mass is 16.1. The Kier molecular flexibility index (Phi) is 5.49. The van der Waals surface area contributed by atoms with Gasteiger partial charge in [-0.3, -0.25) is 4.79 Å². The molecule has 0 saturated heterocycles. The molecule has 0 saturated carbocycles. The van der Waals surface area contributed by atoms with E-state index in [1.807, 2.05) is 12.1 Å². The molecule has 126 valence electrons. The number of nitrogens with zero attached hydrogens (tertiary/aromatic N) is 1. The molecule has 1 amide bonds. The lowest BCUT2D eigenvalue weighted by molar-refractivity contribution is -0.116. The number of fused-ring (bicyclic) bond motifs is 1. The molecule has 4 heteroatoms. The van der Waals surface area contributed by atoms with Crippen LogP contribution >= 0.6 is 0 Å². The third kappa shape index (κ3) is 4.15. The van der Waals surface area contributed by atoms with Crippen molar-refractivity contribution in [1.29, 1.82) is 0 Å². The van der Waals surface area contributed by atoms with E-state index < -0.39 is 0 Å². The van der Waals surface area contributed by atoms with Crippen LogP contribution in [0.25, 0.3) is 0 Å². The Labute approximate surface area is 143 Å². The number of benzene rings is 2. The van der Waals surface area contributed by atoms with Crippen LogP contribution in [-0.2, 0) is 17.8 Å². The lowest BCUT2D eigenvalue weighted by atomic mass is 9.99. The van der Waals surface area contributed by atoms with Crippen LogP contribution in [0.3, 0.4) is 0 Å². The van der Waals surface area contributed by atoms with Gasteiger partial charge in [0.15, 0.2) is 0 Å². The van der Waals surface area contributed by atoms with Crippen LogP contribution in [0, 0.1) is 0 Å². The van der Waals surface area contributed by atoms with E-state index in [1.165, 1.54) is 16.8 Å². The summed E-state index contributed by atoms with van der Waals surface area (Å²) in [7, 11) is 0. The fourth-order valence-corrected chi connectivity index (χ4v) is 3.13. The third-order valence-electron chi connectivity index (χ3n) is 4.50. The number of carbonyl (C=O) groups excluding carboxylic acids is 1. The molecule has 0 bridgehead atoms. The topological polar surface area (TPSA) is 58.4 Å². The minimum Gasteiger partial charge on any atom is -0.367 e. The fraction of sp³-hybridized carbons (Fsp3) is 0.350. The molecule has 4 nitrogen and oxygen atoms in total. The maximum absolute atomic E-state index is 11.8. The van der Waals surface area contributed by atoms with Crippen molar-refractivity contribution >= 4 is 17.3 Å². The zero-order valence-corrected chi connectivity index (χ0v) is 14.0. The number of rotatable bonds is 6. The Morgan fingerprint density at radius 3 is 2.54 bits per heavy atom. The molecule has 1 aliphatic rings. The van der Waals surface area contributed by atoms with E-state index in [0.717, 1.165) is 38.0 Å². The van der Waals surface area contributed by atoms with E-state index >= 15 is 0 Å². The number of amides is 1. The maximum Gasteiger partial charge on any atom is 0.224 e. The molecular formula is C20H25N3O. The molecule has 2 aromatic rings. The Balaban J connectivity index is 1.58. The van der Waals surface area contributed by atoms with E-state index in [9.17, 15) is 4.79 Å². The molecule has 3 rings (SSSR count). The highest BCUT2D eigenvalue weighted by molar-refractivity contribution is 5.90. The summed E-state index contributed by atoms with van der Waals surface area (Å²) in [5, 5.41) is 2.95. The van der Waals surface area contributed by atoms with Gasteiger partial charge in [-0.25, -0.2) is 0 Å². The van der Waals surface area contributed by atoms with Crippen molar-refractivity contribution in [3.8, 4) is 0 Å². The zero-order chi connectivity index (χ0) is 16.8. The molecule has 0 radical (unpaired) electrons. The monoisotopic (exact) mass is 323 g/mol. The van der Waals surface area contributed by atoms with Gasteiger partial charge in [0.05, 0.1) is 0 Å². The normalized spacial score (nSPS) is 13.5. The fourth-order valence-electron chi connectivity index (χ4n) is 3.13. The Morgan fingerprint density at radius 1 is 1.04 bits per heavy atom. The van der Waals surface area contributed by atoms with Crippen LogP contribution in [0.2, 0.25) is 0 Å². The van der Waals surface area contributed by atoms with Crippen molar-refractivity contribution in [2.45, 2.75) is 32.2 Å². The van der Waals surface area contributed by atoms with Gasteiger partial charge in [-0.1, -0.05) is 24.3 Å². The first-order valence-electron chi connectivity index (χ1n) is 8.68. The van der Waals surface area contributed by atoms with Crippen molar-refractivity contribution < 1.29 is 4.79 Å². The molecule has 0 spiro atoms. The van der Waals surface area contributed by atoms with E-state index in [0.29, 0.717) is 13.0 Å². The van der Waals surface area contributed by atoms with Crippen molar-refractivity contribution in [3.63, 3.8) is 0 Å². The van der Waals surface area contributed by atoms with E-state index in [1.54, 1.807) is 0 Å². The van der Waals surface area contributed by atoms with E-state index in [2.05, 4.69) is 46.6 Å². The van der Waals surface area contributed by atoms with E-state index in [-0.39, 0.29) is 5.91 Å². The molecule has 0 aromatic heterocycles. The summed E-state index contributed by atoms with van der Waals surface area (Å²) >= 11 is 0. The van der Waals surface area contributed by atoms with Crippen LogP contribution < -0.4 is 16.0 Å². The van der Waals surface area contributed by atoms with Crippen LogP contribution in [-0.4, -0.2) is 19.0 Å². The number of carbonyl (C=O) groups is 1. The summed E-state index contributed by atoms with van der Waals surface area (Å²) in [5.41, 5.74) is 10.4. The zero-order valence-electron chi connectivity index (χ0n) is 14.0. The number of unbranched alkanes of at least 4 members (excludes halogenated alkanes) is 1. The van der Waals surface area contributed by atoms with Crippen molar-refractivity contribution in [2.75, 3.05) is 23.3 Å². The first-order valence-corrected chi connectivity index (χ1v) is 8.68. The van der Waals surface area contributed by atoms with Gasteiger partial charge in [-0.2, -0.15) is 0 Å². The maximum atomic E-state index is 11.8. The quantitative estimate of drug-likeness (QED) is 0.802. The van der Waals surface area contributed by atoms with E-state index in [4.69, 9.17) is 5.73 Å². The summed E-state index contributed by atoms with van der Waals surface area (Å²) in [6, 6.07) is 16.8. The van der Waals surface area contributed by atoms with Crippen LogP contribution in [0.4, 0.5) is 11.4 Å². The van der Waals surface area contributed by atoms with Gasteiger partial charge in [-0.15, -0.1) is 0 Å². The second-order valence-electron chi connectivity index (χ2n) is 6.28. The molecule has 0 aliphatic carbocycles. The van der Waals surface area contributed by atoms with Gasteiger partial charge in [0.2, 0.25) is 5.91 Å². The molecule has 0 unspecified atom stereocenters. The second-order valence-corrected chi connectivity index (χ2v) is 6.28. The number of hydrogen-bond acceptors (Lipinski definition) is 3. The van der Waals surface area contributed by atoms with Crippen molar-refractivity contribution in [3.05, 3.63) is 59.7 Å². The molecule has 2 aromatic carbocycles. The molecule has 1 heterocycles. The Bertz CT molecular complexity index is 682. The highest BCUT2D eigenvalue weighted by Crippen LogP contribution is 2.25. The third-order valence-corrected chi connectivity index (χ3v) is 4.50. The van der Waals surface area contributed by atoms with Gasteiger partial charge in [0.25, 0.3) is 0 Å². The van der Waals surface area contributed by atoms with Crippen LogP contribution in [0.5, 0.6) is 0 Å². The predicted molar refractivity (Wildman–Crippen MR) is 99.2 cm³/mol. The highest BCUT2D eigenvalue weighted by Gasteiger charge is 2.15. The summed E-state index contributed by atoms with van der Waals surface area (Å²) < 4.78 is 0. The van der Waals surface area contributed by atoms with Gasteiger partial charge >= 0.3 is 0 Å². The first kappa shape index (κ1) is 16.5. The van der Waals surface area contributed by atoms with Gasteiger partial charge in [0, 0.05) is 30.9 Å². The Hall–Kier alpha value is -2.33. The summed E-state index contributed by atoms with van der Waals surface area (Å²) in [6.45, 7) is 2.61. The first-order chi connectivity index (χ1) is 11.8. The molecule has 1 aliphatic heterocycles. The SMILES string of the molecule is NCCCCC(=O)Nc1ccc(N2CCc3ccccc3C2)cc1. The number of nitrogens with one attached hydrogen (secondary N) is 1. The predicted octanol–water partition coefficient (Wildman–Crippen LogP) is 3.32. The van der Waals surface area contributed by atoms with Gasteiger partial charge < -0.3 is 16.0 Å². The summed E-state index contributed by atoms with van der Waals surface area (Å²) in [4.78, 5) is 14.2. The summed E-state index contributed by atoms with van der Waals surface area (Å²) in [5.74, 6) is 0.0584. The average Bonchev–Trinajstić information content (AvgIpc) is 2.62. The van der Waals surface area contributed by atoms with Gasteiger partial charge in [0.1, 0.15) is 0 Å². The van der Waals surface area contributed by atoms with Crippen molar-refractivity contribution in [2.24, 2.45) is 5.73 Å². The smallest absolute Gasteiger partial charge is 0.224 e. The molecule has 0 atom stereocenters. The lowest BCUT2D eigenvalue weighted by Crippen LogP contribution is -2.30.